The Labute approximate surface area is 174 Å². The summed E-state index contributed by atoms with van der Waals surface area (Å²) >= 11 is 6.18. The van der Waals surface area contributed by atoms with E-state index in [4.69, 9.17) is 16.3 Å². The molecule has 2 N–H and O–H groups in total. The van der Waals surface area contributed by atoms with E-state index in [1.54, 1.807) is 49.4 Å². The second kappa shape index (κ2) is 9.75. The van der Waals surface area contributed by atoms with Crippen LogP contribution in [0.15, 0.2) is 72.8 Å². The smallest absolute Gasteiger partial charge is 0.255 e. The summed E-state index contributed by atoms with van der Waals surface area (Å²) < 4.78 is 5.73. The Morgan fingerprint density at radius 3 is 2.34 bits per heavy atom. The van der Waals surface area contributed by atoms with E-state index in [9.17, 15) is 9.59 Å². The Hall–Kier alpha value is -3.31. The number of carbonyl (C=O) groups excluding carboxylic acids is 2. The molecule has 0 aliphatic heterocycles. The van der Waals surface area contributed by atoms with Crippen molar-refractivity contribution in [1.82, 2.24) is 0 Å². The van der Waals surface area contributed by atoms with Gasteiger partial charge >= 0.3 is 0 Å². The molecule has 0 atom stereocenters. The third kappa shape index (κ3) is 5.83. The molecule has 0 fully saturated rings. The molecule has 0 saturated heterocycles. The quantitative estimate of drug-likeness (QED) is 0.540. The van der Waals surface area contributed by atoms with Crippen LogP contribution in [0.5, 0.6) is 5.75 Å². The number of rotatable bonds is 7. The van der Waals surface area contributed by atoms with Crippen molar-refractivity contribution in [2.24, 2.45) is 0 Å². The number of hydrogen-bond donors (Lipinski definition) is 2. The van der Waals surface area contributed by atoms with Crippen molar-refractivity contribution >= 4 is 34.8 Å². The second-order valence-electron chi connectivity index (χ2n) is 6.35. The highest BCUT2D eigenvalue weighted by molar-refractivity contribution is 6.34. The largest absolute Gasteiger partial charge is 0.489 e. The van der Waals surface area contributed by atoms with E-state index in [0.717, 1.165) is 5.56 Å². The first-order chi connectivity index (χ1) is 14.0. The van der Waals surface area contributed by atoms with Gasteiger partial charge in [-0.05, 0) is 48.0 Å². The average Bonchev–Trinajstić information content (AvgIpc) is 2.75. The van der Waals surface area contributed by atoms with E-state index >= 15 is 0 Å². The molecular formula is C23H21ClN2O3. The molecule has 0 aliphatic carbocycles. The number of anilines is 2. The van der Waals surface area contributed by atoms with E-state index in [1.165, 1.54) is 0 Å². The highest BCUT2D eigenvalue weighted by Crippen LogP contribution is 2.26. The molecule has 0 bridgehead atoms. The average molecular weight is 409 g/mol. The molecule has 0 spiro atoms. The van der Waals surface area contributed by atoms with Gasteiger partial charge in [0.25, 0.3) is 5.91 Å². The van der Waals surface area contributed by atoms with E-state index < -0.39 is 0 Å². The predicted octanol–water partition coefficient (Wildman–Crippen LogP) is 5.52. The number of carbonyl (C=O) groups is 2. The van der Waals surface area contributed by atoms with Crippen LogP contribution in [-0.2, 0) is 11.4 Å². The molecule has 6 heteroatoms. The van der Waals surface area contributed by atoms with Gasteiger partial charge in [0.05, 0.1) is 10.7 Å². The summed E-state index contributed by atoms with van der Waals surface area (Å²) in [6.45, 7) is 2.22. The molecular weight excluding hydrogens is 388 g/mol. The van der Waals surface area contributed by atoms with Gasteiger partial charge in [0.1, 0.15) is 12.4 Å². The molecule has 0 heterocycles. The summed E-state index contributed by atoms with van der Waals surface area (Å²) in [4.78, 5) is 24.1. The molecule has 0 aromatic heterocycles. The van der Waals surface area contributed by atoms with Gasteiger partial charge in [-0.15, -0.1) is 0 Å². The Kier molecular flexibility index (Phi) is 6.87. The minimum absolute atomic E-state index is 0.115. The van der Waals surface area contributed by atoms with Gasteiger partial charge in [-0.1, -0.05) is 48.9 Å². The maximum atomic E-state index is 12.5. The molecule has 3 aromatic rings. The van der Waals surface area contributed by atoms with Crippen molar-refractivity contribution in [3.63, 3.8) is 0 Å². The van der Waals surface area contributed by atoms with Gasteiger partial charge in [0, 0.05) is 17.7 Å². The van der Waals surface area contributed by atoms with Gasteiger partial charge in [0.15, 0.2) is 0 Å². The topological polar surface area (TPSA) is 67.4 Å². The van der Waals surface area contributed by atoms with Crippen LogP contribution < -0.4 is 15.4 Å². The molecule has 3 rings (SSSR count). The number of hydrogen-bond acceptors (Lipinski definition) is 3. The molecule has 3 aromatic carbocycles. The molecule has 148 valence electrons. The maximum absolute atomic E-state index is 12.5. The SMILES string of the molecule is CCC(=O)Nc1ccc(Cl)c(NC(=O)c2ccc(OCc3ccccc3)cc2)c1. The first-order valence-corrected chi connectivity index (χ1v) is 9.60. The Morgan fingerprint density at radius 1 is 0.931 bits per heavy atom. The standard InChI is InChI=1S/C23H21ClN2O3/c1-2-22(27)25-18-10-13-20(24)21(14-18)26-23(28)17-8-11-19(12-9-17)29-15-16-6-4-3-5-7-16/h3-14H,2,15H2,1H3,(H,25,27)(H,26,28). The van der Waals surface area contributed by atoms with Gasteiger partial charge < -0.3 is 15.4 Å². The van der Waals surface area contributed by atoms with Crippen molar-refractivity contribution in [1.29, 1.82) is 0 Å². The van der Waals surface area contributed by atoms with Crippen LogP contribution in [0.25, 0.3) is 0 Å². The fourth-order valence-electron chi connectivity index (χ4n) is 2.59. The lowest BCUT2D eigenvalue weighted by Crippen LogP contribution is -2.13. The number of ether oxygens (including phenoxy) is 1. The molecule has 0 aliphatic rings. The summed E-state index contributed by atoms with van der Waals surface area (Å²) in [6, 6.07) is 21.7. The van der Waals surface area contributed by atoms with Crippen molar-refractivity contribution in [3.05, 3.63) is 88.9 Å². The third-order valence-electron chi connectivity index (χ3n) is 4.18. The fourth-order valence-corrected chi connectivity index (χ4v) is 2.75. The van der Waals surface area contributed by atoms with E-state index in [-0.39, 0.29) is 11.8 Å². The molecule has 2 amide bonds. The zero-order valence-electron chi connectivity index (χ0n) is 15.9. The molecule has 0 unspecified atom stereocenters. The number of halogens is 1. The summed E-state index contributed by atoms with van der Waals surface area (Å²) in [5.41, 5.74) is 2.53. The Morgan fingerprint density at radius 2 is 1.66 bits per heavy atom. The fraction of sp³-hybridized carbons (Fsp3) is 0.130. The van der Waals surface area contributed by atoms with Crippen LogP contribution >= 0.6 is 11.6 Å². The first-order valence-electron chi connectivity index (χ1n) is 9.22. The molecule has 5 nitrogen and oxygen atoms in total. The third-order valence-corrected chi connectivity index (χ3v) is 4.51. The van der Waals surface area contributed by atoms with Crippen molar-refractivity contribution < 1.29 is 14.3 Å². The van der Waals surface area contributed by atoms with Crippen molar-refractivity contribution in [2.45, 2.75) is 20.0 Å². The lowest BCUT2D eigenvalue weighted by Gasteiger charge is -2.11. The number of amides is 2. The highest BCUT2D eigenvalue weighted by atomic mass is 35.5. The maximum Gasteiger partial charge on any atom is 0.255 e. The van der Waals surface area contributed by atoms with Crippen molar-refractivity contribution in [3.8, 4) is 5.75 Å². The number of benzene rings is 3. The van der Waals surface area contributed by atoms with E-state index in [0.29, 0.717) is 40.7 Å². The predicted molar refractivity (Wildman–Crippen MR) is 116 cm³/mol. The zero-order chi connectivity index (χ0) is 20.6. The van der Waals surface area contributed by atoms with Crippen molar-refractivity contribution in [2.75, 3.05) is 10.6 Å². The molecule has 29 heavy (non-hydrogen) atoms. The lowest BCUT2D eigenvalue weighted by atomic mass is 10.2. The van der Waals surface area contributed by atoms with Crippen LogP contribution in [0.4, 0.5) is 11.4 Å². The Bertz CT molecular complexity index is 989. The van der Waals surface area contributed by atoms with Gasteiger partial charge in [0.2, 0.25) is 5.91 Å². The lowest BCUT2D eigenvalue weighted by molar-refractivity contribution is -0.115. The number of nitrogens with one attached hydrogen (secondary N) is 2. The summed E-state index contributed by atoms with van der Waals surface area (Å²) in [5.74, 6) is 0.254. The zero-order valence-corrected chi connectivity index (χ0v) is 16.7. The van der Waals surface area contributed by atoms with Crippen LogP contribution in [0.1, 0.15) is 29.3 Å². The molecule has 0 radical (unpaired) electrons. The normalized spacial score (nSPS) is 10.3. The second-order valence-corrected chi connectivity index (χ2v) is 6.76. The van der Waals surface area contributed by atoms with E-state index in [1.807, 2.05) is 30.3 Å². The van der Waals surface area contributed by atoms with Crippen LogP contribution in [0, 0.1) is 0 Å². The van der Waals surface area contributed by atoms with Gasteiger partial charge in [-0.25, -0.2) is 0 Å². The van der Waals surface area contributed by atoms with Crippen LogP contribution in [0.2, 0.25) is 5.02 Å². The monoisotopic (exact) mass is 408 g/mol. The van der Waals surface area contributed by atoms with Gasteiger partial charge in [-0.3, -0.25) is 9.59 Å². The molecule has 0 saturated carbocycles. The Balaban J connectivity index is 1.63. The summed E-state index contributed by atoms with van der Waals surface area (Å²) in [6.07, 6.45) is 0.364. The summed E-state index contributed by atoms with van der Waals surface area (Å²) in [5, 5.41) is 5.90. The first kappa shape index (κ1) is 20.4. The van der Waals surface area contributed by atoms with Crippen LogP contribution in [0.3, 0.4) is 0 Å². The van der Waals surface area contributed by atoms with Crippen LogP contribution in [-0.4, -0.2) is 11.8 Å². The van der Waals surface area contributed by atoms with Gasteiger partial charge in [-0.2, -0.15) is 0 Å². The highest BCUT2D eigenvalue weighted by Gasteiger charge is 2.10. The summed E-state index contributed by atoms with van der Waals surface area (Å²) in [7, 11) is 0. The minimum Gasteiger partial charge on any atom is -0.489 e. The minimum atomic E-state index is -0.305. The van der Waals surface area contributed by atoms with E-state index in [2.05, 4.69) is 10.6 Å².